The van der Waals surface area contributed by atoms with Gasteiger partial charge < -0.3 is 15.2 Å². The largest absolute Gasteiger partial charge is 0.479 e. The van der Waals surface area contributed by atoms with E-state index in [-0.39, 0.29) is 6.10 Å². The van der Waals surface area contributed by atoms with Crippen molar-refractivity contribution >= 4 is 29.2 Å². The van der Waals surface area contributed by atoms with Crippen molar-refractivity contribution in [2.75, 3.05) is 13.1 Å². The van der Waals surface area contributed by atoms with E-state index in [0.717, 1.165) is 24.9 Å². The number of hydrogen-bond acceptors (Lipinski definition) is 3. The van der Waals surface area contributed by atoms with Crippen molar-refractivity contribution in [1.82, 2.24) is 5.32 Å². The summed E-state index contributed by atoms with van der Waals surface area (Å²) in [5.74, 6) is -0.875. The highest BCUT2D eigenvalue weighted by Crippen LogP contribution is 2.21. The summed E-state index contributed by atoms with van der Waals surface area (Å²) in [5.41, 5.74) is 1.04. The topological polar surface area (TPSA) is 58.6 Å². The van der Waals surface area contributed by atoms with Gasteiger partial charge in [0.1, 0.15) is 0 Å². The highest BCUT2D eigenvalue weighted by Gasteiger charge is 2.29. The molecule has 4 nitrogen and oxygen atoms in total. The van der Waals surface area contributed by atoms with Gasteiger partial charge in [0.05, 0.1) is 6.10 Å². The summed E-state index contributed by atoms with van der Waals surface area (Å²) in [5, 5.41) is 13.4. The molecule has 6 heteroatoms. The van der Waals surface area contributed by atoms with Crippen molar-refractivity contribution in [3.05, 3.63) is 33.8 Å². The van der Waals surface area contributed by atoms with E-state index in [2.05, 4.69) is 5.32 Å². The van der Waals surface area contributed by atoms with Gasteiger partial charge in [-0.25, -0.2) is 4.79 Å². The number of carboxylic acids is 1. The molecule has 2 N–H and O–H groups in total. The fraction of sp³-hybridized carbons (Fsp3) is 0.500. The molecular formula is C14H17Cl2NO3. The number of halogens is 2. The van der Waals surface area contributed by atoms with Crippen LogP contribution in [0.1, 0.15) is 18.4 Å². The molecule has 20 heavy (non-hydrogen) atoms. The molecule has 2 unspecified atom stereocenters. The summed E-state index contributed by atoms with van der Waals surface area (Å²) in [6.07, 6.45) is 1.51. The quantitative estimate of drug-likeness (QED) is 0.792. The normalized spacial score (nSPS) is 22.1. The minimum absolute atomic E-state index is 0.0169. The lowest BCUT2D eigenvalue weighted by atomic mass is 10.1. The summed E-state index contributed by atoms with van der Waals surface area (Å²) in [6, 6.07) is 5.47. The number of hydrogen-bond donors (Lipinski definition) is 2. The lowest BCUT2D eigenvalue weighted by molar-refractivity contribution is -0.149. The van der Waals surface area contributed by atoms with Crippen LogP contribution in [0.25, 0.3) is 0 Å². The van der Waals surface area contributed by atoms with Gasteiger partial charge in [-0.05, 0) is 43.5 Å². The van der Waals surface area contributed by atoms with E-state index < -0.39 is 12.1 Å². The fourth-order valence-electron chi connectivity index (χ4n) is 2.25. The molecule has 0 spiro atoms. The molecule has 2 rings (SSSR count). The lowest BCUT2D eigenvalue weighted by Gasteiger charge is -2.12. The Balaban J connectivity index is 1.68. The number of carboxylic acid groups (broad SMARTS) is 1. The zero-order chi connectivity index (χ0) is 14.5. The van der Waals surface area contributed by atoms with Gasteiger partial charge in [-0.2, -0.15) is 0 Å². The molecule has 1 saturated heterocycles. The van der Waals surface area contributed by atoms with E-state index in [0.29, 0.717) is 23.0 Å². The second-order valence-corrected chi connectivity index (χ2v) is 5.70. The zero-order valence-corrected chi connectivity index (χ0v) is 12.5. The molecule has 1 aromatic carbocycles. The van der Waals surface area contributed by atoms with Crippen molar-refractivity contribution in [3.63, 3.8) is 0 Å². The molecule has 0 aromatic heterocycles. The minimum atomic E-state index is -0.875. The van der Waals surface area contributed by atoms with Gasteiger partial charge >= 0.3 is 5.97 Å². The molecule has 1 heterocycles. The predicted molar refractivity (Wildman–Crippen MR) is 78.6 cm³/mol. The number of aliphatic carboxylic acids is 1. The van der Waals surface area contributed by atoms with E-state index in [1.807, 2.05) is 12.1 Å². The molecule has 1 fully saturated rings. The first-order valence-corrected chi connectivity index (χ1v) is 7.35. The van der Waals surface area contributed by atoms with Gasteiger partial charge in [-0.15, -0.1) is 0 Å². The SMILES string of the molecule is O=C(O)C1CCC(CNCCc2ccc(Cl)cc2Cl)O1. The molecule has 0 aliphatic carbocycles. The minimum Gasteiger partial charge on any atom is -0.479 e. The van der Waals surface area contributed by atoms with E-state index >= 15 is 0 Å². The van der Waals surface area contributed by atoms with Crippen LogP contribution >= 0.6 is 23.2 Å². The number of benzene rings is 1. The number of nitrogens with one attached hydrogen (secondary N) is 1. The maximum Gasteiger partial charge on any atom is 0.332 e. The van der Waals surface area contributed by atoms with Crippen molar-refractivity contribution < 1.29 is 14.6 Å². The summed E-state index contributed by atoms with van der Waals surface area (Å²) in [6.45, 7) is 1.42. The van der Waals surface area contributed by atoms with Crippen molar-refractivity contribution in [1.29, 1.82) is 0 Å². The highest BCUT2D eigenvalue weighted by molar-refractivity contribution is 6.35. The van der Waals surface area contributed by atoms with Gasteiger partial charge in [0.2, 0.25) is 0 Å². The lowest BCUT2D eigenvalue weighted by Crippen LogP contribution is -2.30. The van der Waals surface area contributed by atoms with Crippen molar-refractivity contribution in [3.8, 4) is 0 Å². The third kappa shape index (κ3) is 4.35. The second-order valence-electron chi connectivity index (χ2n) is 4.85. The maximum atomic E-state index is 10.8. The Bertz CT molecular complexity index is 481. The van der Waals surface area contributed by atoms with E-state index in [9.17, 15) is 4.79 Å². The molecular weight excluding hydrogens is 301 g/mol. The van der Waals surface area contributed by atoms with E-state index in [1.165, 1.54) is 0 Å². The Morgan fingerprint density at radius 2 is 2.20 bits per heavy atom. The van der Waals surface area contributed by atoms with E-state index in [4.69, 9.17) is 33.0 Å². The predicted octanol–water partition coefficient (Wildman–Crippen LogP) is 2.76. The zero-order valence-electron chi connectivity index (χ0n) is 10.9. The van der Waals surface area contributed by atoms with Crippen LogP contribution in [0.3, 0.4) is 0 Å². The Labute approximate surface area is 128 Å². The fourth-order valence-corrected chi connectivity index (χ4v) is 2.75. The Morgan fingerprint density at radius 3 is 2.85 bits per heavy atom. The average Bonchev–Trinajstić information content (AvgIpc) is 2.85. The first kappa shape index (κ1) is 15.6. The average molecular weight is 318 g/mol. The Hall–Kier alpha value is -0.810. The van der Waals surface area contributed by atoms with E-state index in [1.54, 1.807) is 6.07 Å². The van der Waals surface area contributed by atoms with Gasteiger partial charge in [0.25, 0.3) is 0 Å². The van der Waals surface area contributed by atoms with Crippen molar-refractivity contribution in [2.24, 2.45) is 0 Å². The molecule has 110 valence electrons. The van der Waals surface area contributed by atoms with Crippen LogP contribution in [-0.2, 0) is 16.0 Å². The molecule has 0 amide bonds. The number of ether oxygens (including phenoxy) is 1. The van der Waals surface area contributed by atoms with Crippen LogP contribution in [-0.4, -0.2) is 36.4 Å². The van der Waals surface area contributed by atoms with Crippen LogP contribution < -0.4 is 5.32 Å². The van der Waals surface area contributed by atoms with Gasteiger partial charge in [0, 0.05) is 16.6 Å². The standard InChI is InChI=1S/C14H17Cl2NO3/c15-10-2-1-9(12(16)7-10)5-6-17-8-11-3-4-13(20-11)14(18)19/h1-2,7,11,13,17H,3-6,8H2,(H,18,19). The third-order valence-electron chi connectivity index (χ3n) is 3.34. The first-order valence-electron chi connectivity index (χ1n) is 6.59. The summed E-state index contributed by atoms with van der Waals surface area (Å²) >= 11 is 11.9. The van der Waals surface area contributed by atoms with Crippen LogP contribution in [0.2, 0.25) is 10.0 Å². The summed E-state index contributed by atoms with van der Waals surface area (Å²) in [7, 11) is 0. The monoisotopic (exact) mass is 317 g/mol. The van der Waals surface area contributed by atoms with Gasteiger partial charge in [-0.3, -0.25) is 0 Å². The van der Waals surface area contributed by atoms with Crippen LogP contribution in [0.4, 0.5) is 0 Å². The molecule has 1 aliphatic heterocycles. The van der Waals surface area contributed by atoms with Gasteiger partial charge in [0.15, 0.2) is 6.10 Å². The maximum absolute atomic E-state index is 10.8. The molecule has 0 saturated carbocycles. The second kappa shape index (κ2) is 7.27. The third-order valence-corrected chi connectivity index (χ3v) is 3.93. The summed E-state index contributed by atoms with van der Waals surface area (Å²) < 4.78 is 5.41. The Kier molecular flexibility index (Phi) is 5.66. The molecule has 2 atom stereocenters. The molecule has 0 bridgehead atoms. The van der Waals surface area contributed by atoms with Crippen LogP contribution in [0.15, 0.2) is 18.2 Å². The first-order chi connectivity index (χ1) is 9.56. The summed E-state index contributed by atoms with van der Waals surface area (Å²) in [4.78, 5) is 10.8. The van der Waals surface area contributed by atoms with Crippen LogP contribution in [0, 0.1) is 0 Å². The smallest absolute Gasteiger partial charge is 0.332 e. The molecule has 1 aromatic rings. The van der Waals surface area contributed by atoms with Gasteiger partial charge in [-0.1, -0.05) is 29.3 Å². The Morgan fingerprint density at radius 1 is 1.40 bits per heavy atom. The number of carbonyl (C=O) groups is 1. The number of rotatable bonds is 6. The molecule has 0 radical (unpaired) electrons. The van der Waals surface area contributed by atoms with Crippen molar-refractivity contribution in [2.45, 2.75) is 31.5 Å². The highest BCUT2D eigenvalue weighted by atomic mass is 35.5. The molecule has 1 aliphatic rings. The van der Waals surface area contributed by atoms with Crippen LogP contribution in [0.5, 0.6) is 0 Å².